The van der Waals surface area contributed by atoms with Crippen molar-refractivity contribution in [2.45, 2.75) is 31.8 Å². The third-order valence-electron chi connectivity index (χ3n) is 4.16. The predicted octanol–water partition coefficient (Wildman–Crippen LogP) is 3.24. The summed E-state index contributed by atoms with van der Waals surface area (Å²) in [7, 11) is 0. The smallest absolute Gasteiger partial charge is 0.0927 e. The maximum Gasteiger partial charge on any atom is 0.0927 e. The zero-order valence-corrected chi connectivity index (χ0v) is 10.1. The fourth-order valence-electron chi connectivity index (χ4n) is 3.06. The van der Waals surface area contributed by atoms with Crippen LogP contribution in [0.1, 0.15) is 31.7 Å². The molecule has 2 atom stereocenters. The van der Waals surface area contributed by atoms with Crippen LogP contribution in [0.3, 0.4) is 0 Å². The zero-order chi connectivity index (χ0) is 11.9. The Morgan fingerprint density at radius 1 is 1.35 bits per heavy atom. The minimum atomic E-state index is -0.652. The first-order valence-corrected chi connectivity index (χ1v) is 6.27. The third-order valence-corrected chi connectivity index (χ3v) is 4.16. The van der Waals surface area contributed by atoms with Gasteiger partial charge in [-0.15, -0.1) is 0 Å². The molecule has 0 radical (unpaired) electrons. The number of nitrogens with zero attached hydrogens (tertiary/aromatic N) is 1. The Balaban J connectivity index is 2.24. The molecule has 1 N–H and O–H groups in total. The van der Waals surface area contributed by atoms with Crippen molar-refractivity contribution in [3.05, 3.63) is 42.2 Å². The molecule has 1 fully saturated rings. The Morgan fingerprint density at radius 2 is 2.24 bits per heavy atom. The quantitative estimate of drug-likeness (QED) is 0.811. The van der Waals surface area contributed by atoms with Crippen LogP contribution in [0.4, 0.5) is 0 Å². The molecule has 0 saturated heterocycles. The van der Waals surface area contributed by atoms with Crippen molar-refractivity contribution < 1.29 is 5.11 Å². The molecular formula is C15H17NO. The SMILES string of the molecule is CC1CCCC1(O)c1cccc2cnccc12. The minimum absolute atomic E-state index is 0.335. The second-order valence-electron chi connectivity index (χ2n) is 5.12. The molecule has 1 aromatic carbocycles. The van der Waals surface area contributed by atoms with Crippen molar-refractivity contribution in [3.63, 3.8) is 0 Å². The summed E-state index contributed by atoms with van der Waals surface area (Å²) in [5.41, 5.74) is 0.420. The number of rotatable bonds is 1. The monoisotopic (exact) mass is 227 g/mol. The van der Waals surface area contributed by atoms with Crippen molar-refractivity contribution in [3.8, 4) is 0 Å². The van der Waals surface area contributed by atoms with Crippen LogP contribution in [0.25, 0.3) is 10.8 Å². The number of aromatic nitrogens is 1. The molecule has 3 rings (SSSR count). The van der Waals surface area contributed by atoms with Crippen LogP contribution in [0, 0.1) is 5.92 Å². The van der Waals surface area contributed by atoms with Crippen molar-refractivity contribution in [1.29, 1.82) is 0 Å². The van der Waals surface area contributed by atoms with E-state index in [-0.39, 0.29) is 0 Å². The Bertz CT molecular complexity index is 546. The second kappa shape index (κ2) is 3.81. The van der Waals surface area contributed by atoms with Gasteiger partial charge in [0.1, 0.15) is 0 Å². The van der Waals surface area contributed by atoms with E-state index in [9.17, 15) is 5.11 Å². The van der Waals surface area contributed by atoms with Gasteiger partial charge in [0.15, 0.2) is 0 Å². The Labute approximate surface area is 101 Å². The van der Waals surface area contributed by atoms with Gasteiger partial charge in [0.2, 0.25) is 0 Å². The number of hydrogen-bond acceptors (Lipinski definition) is 2. The van der Waals surface area contributed by atoms with Gasteiger partial charge in [0.25, 0.3) is 0 Å². The van der Waals surface area contributed by atoms with Crippen molar-refractivity contribution in [1.82, 2.24) is 4.98 Å². The largest absolute Gasteiger partial charge is 0.385 e. The molecule has 2 nitrogen and oxygen atoms in total. The van der Waals surface area contributed by atoms with E-state index >= 15 is 0 Å². The maximum atomic E-state index is 10.9. The van der Waals surface area contributed by atoms with E-state index in [4.69, 9.17) is 0 Å². The number of benzene rings is 1. The standard InChI is InChI=1S/C15H17NO/c1-11-4-3-8-15(11,17)14-6-2-5-12-10-16-9-7-13(12)14/h2,5-7,9-11,17H,3-4,8H2,1H3. The van der Waals surface area contributed by atoms with Gasteiger partial charge in [-0.25, -0.2) is 0 Å². The summed E-state index contributed by atoms with van der Waals surface area (Å²) in [5.74, 6) is 0.335. The fraction of sp³-hybridized carbons (Fsp3) is 0.400. The Hall–Kier alpha value is -1.41. The van der Waals surface area contributed by atoms with E-state index in [0.29, 0.717) is 5.92 Å². The molecule has 0 bridgehead atoms. The molecule has 17 heavy (non-hydrogen) atoms. The van der Waals surface area contributed by atoms with Crippen LogP contribution < -0.4 is 0 Å². The minimum Gasteiger partial charge on any atom is -0.385 e. The first kappa shape index (κ1) is 10.7. The summed E-state index contributed by atoms with van der Waals surface area (Å²) >= 11 is 0. The van der Waals surface area contributed by atoms with E-state index in [1.807, 2.05) is 18.3 Å². The van der Waals surface area contributed by atoms with E-state index < -0.39 is 5.60 Å². The lowest BCUT2D eigenvalue weighted by atomic mass is 9.83. The molecule has 2 heteroatoms. The van der Waals surface area contributed by atoms with Gasteiger partial charge in [-0.2, -0.15) is 0 Å². The van der Waals surface area contributed by atoms with Crippen LogP contribution >= 0.6 is 0 Å². The van der Waals surface area contributed by atoms with E-state index in [0.717, 1.165) is 35.6 Å². The predicted molar refractivity (Wildman–Crippen MR) is 68.7 cm³/mol. The normalized spacial score (nSPS) is 28.7. The summed E-state index contributed by atoms with van der Waals surface area (Å²) in [6.45, 7) is 2.15. The topological polar surface area (TPSA) is 33.1 Å². The van der Waals surface area contributed by atoms with Gasteiger partial charge in [-0.05, 0) is 42.2 Å². The highest BCUT2D eigenvalue weighted by Crippen LogP contribution is 2.45. The number of hydrogen-bond donors (Lipinski definition) is 1. The summed E-state index contributed by atoms with van der Waals surface area (Å²) in [4.78, 5) is 4.14. The molecule has 1 saturated carbocycles. The average Bonchev–Trinajstić information content (AvgIpc) is 2.70. The Morgan fingerprint density at radius 3 is 3.00 bits per heavy atom. The summed E-state index contributed by atoms with van der Waals surface area (Å²) in [6.07, 6.45) is 6.75. The highest BCUT2D eigenvalue weighted by Gasteiger charge is 2.40. The average molecular weight is 227 g/mol. The van der Waals surface area contributed by atoms with Crippen LogP contribution in [0.15, 0.2) is 36.7 Å². The van der Waals surface area contributed by atoms with Gasteiger partial charge < -0.3 is 5.11 Å². The molecule has 0 amide bonds. The van der Waals surface area contributed by atoms with Gasteiger partial charge >= 0.3 is 0 Å². The lowest BCUT2D eigenvalue weighted by Crippen LogP contribution is -2.28. The highest BCUT2D eigenvalue weighted by atomic mass is 16.3. The number of pyridine rings is 1. The zero-order valence-electron chi connectivity index (χ0n) is 10.1. The first-order chi connectivity index (χ1) is 8.22. The maximum absolute atomic E-state index is 10.9. The summed E-state index contributed by atoms with van der Waals surface area (Å²) < 4.78 is 0. The van der Waals surface area contributed by atoms with Crippen LogP contribution in [-0.2, 0) is 5.60 Å². The lowest BCUT2D eigenvalue weighted by Gasteiger charge is -2.29. The molecule has 1 aliphatic carbocycles. The van der Waals surface area contributed by atoms with Crippen molar-refractivity contribution >= 4 is 10.8 Å². The van der Waals surface area contributed by atoms with E-state index in [1.54, 1.807) is 6.20 Å². The molecule has 1 heterocycles. The molecule has 88 valence electrons. The molecule has 1 aliphatic rings. The highest BCUT2D eigenvalue weighted by molar-refractivity contribution is 5.85. The van der Waals surface area contributed by atoms with Crippen molar-refractivity contribution in [2.24, 2.45) is 5.92 Å². The summed E-state index contributed by atoms with van der Waals surface area (Å²) in [6, 6.07) is 8.13. The molecule has 2 unspecified atom stereocenters. The van der Waals surface area contributed by atoms with Gasteiger partial charge in [-0.3, -0.25) is 4.98 Å². The van der Waals surface area contributed by atoms with Crippen molar-refractivity contribution in [2.75, 3.05) is 0 Å². The lowest BCUT2D eigenvalue weighted by molar-refractivity contribution is 0.00593. The van der Waals surface area contributed by atoms with Crippen LogP contribution in [0.2, 0.25) is 0 Å². The molecule has 0 spiro atoms. The summed E-state index contributed by atoms with van der Waals surface area (Å²) in [5, 5.41) is 13.2. The molecule has 0 aliphatic heterocycles. The molecule has 1 aromatic heterocycles. The first-order valence-electron chi connectivity index (χ1n) is 6.27. The number of aliphatic hydroxyl groups is 1. The van der Waals surface area contributed by atoms with Gasteiger partial charge in [0.05, 0.1) is 5.60 Å². The fourth-order valence-corrected chi connectivity index (χ4v) is 3.06. The molecule has 2 aromatic rings. The van der Waals surface area contributed by atoms with Crippen LogP contribution in [-0.4, -0.2) is 10.1 Å². The van der Waals surface area contributed by atoms with Crippen LogP contribution in [0.5, 0.6) is 0 Å². The third kappa shape index (κ3) is 1.55. The second-order valence-corrected chi connectivity index (χ2v) is 5.12. The van der Waals surface area contributed by atoms with Gasteiger partial charge in [-0.1, -0.05) is 25.1 Å². The van der Waals surface area contributed by atoms with E-state index in [1.165, 1.54) is 0 Å². The Kier molecular flexibility index (Phi) is 2.40. The molecular weight excluding hydrogens is 210 g/mol. The van der Waals surface area contributed by atoms with Gasteiger partial charge in [0, 0.05) is 17.8 Å². The number of fused-ring (bicyclic) bond motifs is 1. The van der Waals surface area contributed by atoms with E-state index in [2.05, 4.69) is 24.0 Å².